The van der Waals surface area contributed by atoms with Crippen LogP contribution in [0.3, 0.4) is 0 Å². The van der Waals surface area contributed by atoms with Gasteiger partial charge in [-0.05, 0) is 19.9 Å². The summed E-state index contributed by atoms with van der Waals surface area (Å²) >= 11 is 0. The first-order valence-electron chi connectivity index (χ1n) is 6.27. The lowest BCUT2D eigenvalue weighted by Crippen LogP contribution is -2.06. The van der Waals surface area contributed by atoms with E-state index in [-0.39, 0.29) is 17.7 Å². The highest BCUT2D eigenvalue weighted by Gasteiger charge is 2.16. The van der Waals surface area contributed by atoms with E-state index >= 15 is 0 Å². The van der Waals surface area contributed by atoms with E-state index in [9.17, 15) is 10.1 Å². The second-order valence-electron chi connectivity index (χ2n) is 4.60. The minimum absolute atomic E-state index is 0.0290. The normalized spacial score (nSPS) is 12.5. The first kappa shape index (κ1) is 13.1. The zero-order valence-corrected chi connectivity index (χ0v) is 11.4. The van der Waals surface area contributed by atoms with Crippen molar-refractivity contribution >= 4 is 22.8 Å². The largest absolute Gasteiger partial charge is 0.444 e. The Hall–Kier alpha value is -2.90. The van der Waals surface area contributed by atoms with Crippen LogP contribution in [0.4, 0.5) is 11.7 Å². The summed E-state index contributed by atoms with van der Waals surface area (Å²) < 4.78 is 10.9. The molecular weight excluding hydrogens is 276 g/mol. The van der Waals surface area contributed by atoms with E-state index < -0.39 is 4.92 Å². The first-order chi connectivity index (χ1) is 10.0. The number of rotatable bonds is 4. The fourth-order valence-electron chi connectivity index (χ4n) is 1.91. The zero-order valence-electron chi connectivity index (χ0n) is 11.4. The number of nitrogens with one attached hydrogen (secondary N) is 1. The topological polar surface area (TPSA) is 107 Å². The van der Waals surface area contributed by atoms with E-state index in [0.717, 1.165) is 0 Å². The lowest BCUT2D eigenvalue weighted by atomic mass is 10.3. The minimum Gasteiger partial charge on any atom is -0.444 e. The van der Waals surface area contributed by atoms with E-state index in [0.29, 0.717) is 22.8 Å². The fourth-order valence-corrected chi connectivity index (χ4v) is 1.91. The Morgan fingerprint density at radius 3 is 2.86 bits per heavy atom. The summed E-state index contributed by atoms with van der Waals surface area (Å²) in [6, 6.07) is 4.28. The molecule has 21 heavy (non-hydrogen) atoms. The van der Waals surface area contributed by atoms with Gasteiger partial charge in [-0.15, -0.1) is 0 Å². The Kier molecular flexibility index (Phi) is 3.05. The molecule has 2 aromatic heterocycles. The third-order valence-corrected chi connectivity index (χ3v) is 2.93. The molecule has 0 saturated heterocycles. The van der Waals surface area contributed by atoms with Crippen molar-refractivity contribution in [2.75, 3.05) is 5.32 Å². The third-order valence-electron chi connectivity index (χ3n) is 2.93. The van der Waals surface area contributed by atoms with Gasteiger partial charge in [0, 0.05) is 12.1 Å². The fraction of sp³-hybridized carbons (Fsp3) is 0.231. The number of hydrogen-bond donors (Lipinski definition) is 1. The zero-order chi connectivity index (χ0) is 15.0. The van der Waals surface area contributed by atoms with Crippen LogP contribution in [0.5, 0.6) is 0 Å². The van der Waals surface area contributed by atoms with Crippen molar-refractivity contribution in [1.29, 1.82) is 0 Å². The van der Waals surface area contributed by atoms with E-state index in [4.69, 9.17) is 8.83 Å². The van der Waals surface area contributed by atoms with E-state index in [1.807, 2.05) is 13.8 Å². The first-order valence-corrected chi connectivity index (χ1v) is 6.27. The Bertz CT molecular complexity index is 807. The van der Waals surface area contributed by atoms with Crippen molar-refractivity contribution in [2.45, 2.75) is 19.9 Å². The van der Waals surface area contributed by atoms with Crippen molar-refractivity contribution in [2.24, 2.45) is 0 Å². The number of hydrogen-bond acceptors (Lipinski definition) is 7. The summed E-state index contributed by atoms with van der Waals surface area (Å²) in [7, 11) is 0. The number of nitro groups is 1. The standard InChI is InChI=1S/C13H12N4O4/c1-7-6-14-12(20-7)8(2)15-13-16-10-5-9(17(18)19)3-4-11(10)21-13/h3-6,8H,1-2H3,(H,15,16). The smallest absolute Gasteiger partial charge is 0.296 e. The molecule has 0 bridgehead atoms. The van der Waals surface area contributed by atoms with Crippen LogP contribution in [0.1, 0.15) is 24.6 Å². The van der Waals surface area contributed by atoms with Crippen molar-refractivity contribution in [3.05, 3.63) is 46.2 Å². The van der Waals surface area contributed by atoms with Crippen LogP contribution in [0.25, 0.3) is 11.1 Å². The molecule has 0 aliphatic rings. The molecule has 0 aliphatic heterocycles. The molecule has 8 nitrogen and oxygen atoms in total. The molecule has 0 aliphatic carbocycles. The van der Waals surface area contributed by atoms with Gasteiger partial charge in [0.15, 0.2) is 5.58 Å². The number of benzene rings is 1. The average molecular weight is 288 g/mol. The number of non-ortho nitro benzene ring substituents is 1. The molecule has 1 atom stereocenters. The highest BCUT2D eigenvalue weighted by molar-refractivity contribution is 5.77. The second kappa shape index (κ2) is 4.89. The maximum Gasteiger partial charge on any atom is 0.296 e. The maximum atomic E-state index is 10.7. The van der Waals surface area contributed by atoms with Crippen LogP contribution in [0, 0.1) is 17.0 Å². The monoisotopic (exact) mass is 288 g/mol. The summed E-state index contributed by atoms with van der Waals surface area (Å²) in [6.45, 7) is 3.66. The summed E-state index contributed by atoms with van der Waals surface area (Å²) in [5.74, 6) is 1.23. The predicted octanol–water partition coefficient (Wildman–Crippen LogP) is 3.21. The Labute approximate surface area is 118 Å². The van der Waals surface area contributed by atoms with Crippen molar-refractivity contribution in [3.8, 4) is 0 Å². The molecule has 1 aromatic carbocycles. The van der Waals surface area contributed by atoms with Crippen LogP contribution >= 0.6 is 0 Å². The van der Waals surface area contributed by atoms with Gasteiger partial charge in [0.05, 0.1) is 11.1 Å². The molecule has 0 fully saturated rings. The summed E-state index contributed by atoms with van der Waals surface area (Å²) in [5.41, 5.74) is 0.861. The van der Waals surface area contributed by atoms with Gasteiger partial charge in [-0.25, -0.2) is 4.98 Å². The van der Waals surface area contributed by atoms with Gasteiger partial charge in [-0.3, -0.25) is 10.1 Å². The molecule has 8 heteroatoms. The average Bonchev–Trinajstić information content (AvgIpc) is 3.03. The lowest BCUT2D eigenvalue weighted by Gasteiger charge is -2.06. The van der Waals surface area contributed by atoms with Crippen molar-refractivity contribution in [3.63, 3.8) is 0 Å². The SMILES string of the molecule is Cc1cnc(C(C)Nc2nc3cc([N+](=O)[O-])ccc3o2)o1. The van der Waals surface area contributed by atoms with E-state index in [1.54, 1.807) is 6.20 Å². The van der Waals surface area contributed by atoms with Gasteiger partial charge in [0.1, 0.15) is 17.3 Å². The molecule has 2 heterocycles. The molecule has 0 radical (unpaired) electrons. The van der Waals surface area contributed by atoms with Crippen molar-refractivity contribution < 1.29 is 13.8 Å². The second-order valence-corrected chi connectivity index (χ2v) is 4.60. The van der Waals surface area contributed by atoms with Gasteiger partial charge in [0.25, 0.3) is 11.7 Å². The van der Waals surface area contributed by atoms with Crippen molar-refractivity contribution in [1.82, 2.24) is 9.97 Å². The Balaban J connectivity index is 1.85. The van der Waals surface area contributed by atoms with Crippen LogP contribution in [0.15, 0.2) is 33.2 Å². The predicted molar refractivity (Wildman–Crippen MR) is 73.9 cm³/mol. The number of aryl methyl sites for hydroxylation is 1. The van der Waals surface area contributed by atoms with Gasteiger partial charge in [0.2, 0.25) is 5.89 Å². The van der Waals surface area contributed by atoms with Crippen LogP contribution in [0.2, 0.25) is 0 Å². The Morgan fingerprint density at radius 1 is 1.38 bits per heavy atom. The van der Waals surface area contributed by atoms with Gasteiger partial charge >= 0.3 is 0 Å². The van der Waals surface area contributed by atoms with E-state index in [2.05, 4.69) is 15.3 Å². The van der Waals surface area contributed by atoms with E-state index in [1.165, 1.54) is 18.2 Å². The molecule has 108 valence electrons. The number of fused-ring (bicyclic) bond motifs is 1. The number of aromatic nitrogens is 2. The summed E-state index contributed by atoms with van der Waals surface area (Å²) in [6.07, 6.45) is 1.63. The molecule has 0 saturated carbocycles. The third kappa shape index (κ3) is 2.55. The molecule has 1 unspecified atom stereocenters. The molecule has 1 N–H and O–H groups in total. The molecule has 0 spiro atoms. The number of anilines is 1. The molecule has 3 rings (SSSR count). The molecule has 3 aromatic rings. The Morgan fingerprint density at radius 2 is 2.19 bits per heavy atom. The van der Waals surface area contributed by atoms with Gasteiger partial charge in [-0.2, -0.15) is 4.98 Å². The lowest BCUT2D eigenvalue weighted by molar-refractivity contribution is -0.384. The van der Waals surface area contributed by atoms with Crippen LogP contribution in [-0.2, 0) is 0 Å². The highest BCUT2D eigenvalue weighted by atomic mass is 16.6. The summed E-state index contributed by atoms with van der Waals surface area (Å²) in [4.78, 5) is 18.5. The summed E-state index contributed by atoms with van der Waals surface area (Å²) in [5, 5.41) is 13.7. The van der Waals surface area contributed by atoms with Crippen LogP contribution < -0.4 is 5.32 Å². The molecular formula is C13H12N4O4. The number of nitrogens with zero attached hydrogens (tertiary/aromatic N) is 3. The van der Waals surface area contributed by atoms with Gasteiger partial charge < -0.3 is 14.2 Å². The number of nitro benzene ring substituents is 1. The highest BCUT2D eigenvalue weighted by Crippen LogP contribution is 2.25. The quantitative estimate of drug-likeness (QED) is 0.580. The minimum atomic E-state index is -0.473. The maximum absolute atomic E-state index is 10.7. The van der Waals surface area contributed by atoms with Crippen LogP contribution in [-0.4, -0.2) is 14.9 Å². The molecule has 0 amide bonds. The number of oxazole rings is 2. The van der Waals surface area contributed by atoms with Gasteiger partial charge in [-0.1, -0.05) is 0 Å².